The molecule has 0 aliphatic heterocycles. The molecule has 0 aromatic heterocycles. The fourth-order valence-corrected chi connectivity index (χ4v) is 2.31. The Hall–Kier alpha value is -1.93. The van der Waals surface area contributed by atoms with Crippen LogP contribution in [0.1, 0.15) is 34.0 Å². The van der Waals surface area contributed by atoms with E-state index in [9.17, 15) is 4.79 Å². The fourth-order valence-electron chi connectivity index (χ4n) is 2.31. The van der Waals surface area contributed by atoms with E-state index in [2.05, 4.69) is 18.3 Å². The number of benzene rings is 2. The Balaban J connectivity index is 2.32. The van der Waals surface area contributed by atoms with Crippen molar-refractivity contribution in [3.8, 4) is 0 Å². The lowest BCUT2D eigenvalue weighted by molar-refractivity contribution is 0.103. The SMILES string of the molecule is CCc1cccc(C(=O)c2ccccc2CCNC)c1. The maximum Gasteiger partial charge on any atom is 0.193 e. The lowest BCUT2D eigenvalue weighted by atomic mass is 9.95. The molecule has 2 aromatic rings. The molecule has 2 rings (SSSR count). The van der Waals surface area contributed by atoms with Crippen LogP contribution in [0.15, 0.2) is 48.5 Å². The molecule has 0 aliphatic carbocycles. The number of aryl methyl sites for hydroxylation is 1. The molecular weight excluding hydrogens is 246 g/mol. The molecule has 0 fully saturated rings. The van der Waals surface area contributed by atoms with Crippen molar-refractivity contribution >= 4 is 5.78 Å². The zero-order valence-electron chi connectivity index (χ0n) is 12.1. The van der Waals surface area contributed by atoms with E-state index in [4.69, 9.17) is 0 Å². The molecule has 1 N–H and O–H groups in total. The summed E-state index contributed by atoms with van der Waals surface area (Å²) in [6, 6.07) is 15.8. The van der Waals surface area contributed by atoms with Crippen LogP contribution in [0.2, 0.25) is 0 Å². The number of ketones is 1. The lowest BCUT2D eigenvalue weighted by Crippen LogP contribution is -2.13. The summed E-state index contributed by atoms with van der Waals surface area (Å²) in [7, 11) is 1.93. The molecule has 0 atom stereocenters. The molecule has 0 amide bonds. The molecule has 2 nitrogen and oxygen atoms in total. The number of nitrogens with one attached hydrogen (secondary N) is 1. The molecule has 104 valence electrons. The summed E-state index contributed by atoms with van der Waals surface area (Å²) in [5.74, 6) is 0.118. The average Bonchev–Trinajstić information content (AvgIpc) is 2.52. The topological polar surface area (TPSA) is 29.1 Å². The van der Waals surface area contributed by atoms with Crippen LogP contribution in [-0.2, 0) is 12.8 Å². The van der Waals surface area contributed by atoms with E-state index in [1.807, 2.05) is 49.5 Å². The van der Waals surface area contributed by atoms with Crippen LogP contribution in [0.3, 0.4) is 0 Å². The Morgan fingerprint density at radius 1 is 1.10 bits per heavy atom. The van der Waals surface area contributed by atoms with Crippen molar-refractivity contribution in [2.75, 3.05) is 13.6 Å². The van der Waals surface area contributed by atoms with Gasteiger partial charge in [-0.2, -0.15) is 0 Å². The van der Waals surface area contributed by atoms with E-state index in [1.54, 1.807) is 0 Å². The molecule has 0 unspecified atom stereocenters. The van der Waals surface area contributed by atoms with Crippen molar-refractivity contribution in [1.29, 1.82) is 0 Å². The van der Waals surface area contributed by atoms with Gasteiger partial charge in [0.05, 0.1) is 0 Å². The summed E-state index contributed by atoms with van der Waals surface area (Å²) < 4.78 is 0. The lowest BCUT2D eigenvalue weighted by Gasteiger charge is -2.09. The van der Waals surface area contributed by atoms with Crippen LogP contribution in [0.4, 0.5) is 0 Å². The van der Waals surface area contributed by atoms with Crippen molar-refractivity contribution in [3.05, 3.63) is 70.8 Å². The zero-order valence-corrected chi connectivity index (χ0v) is 12.1. The Kier molecular flexibility index (Phi) is 5.08. The highest BCUT2D eigenvalue weighted by Gasteiger charge is 2.13. The Morgan fingerprint density at radius 2 is 1.90 bits per heavy atom. The molecule has 0 aliphatic rings. The van der Waals surface area contributed by atoms with E-state index in [-0.39, 0.29) is 5.78 Å². The van der Waals surface area contributed by atoms with Crippen LogP contribution >= 0.6 is 0 Å². The van der Waals surface area contributed by atoms with Gasteiger partial charge in [0.25, 0.3) is 0 Å². The molecule has 0 heterocycles. The molecule has 0 saturated carbocycles. The van der Waals surface area contributed by atoms with Crippen LogP contribution in [0.5, 0.6) is 0 Å². The van der Waals surface area contributed by atoms with Gasteiger partial charge in [0.1, 0.15) is 0 Å². The summed E-state index contributed by atoms with van der Waals surface area (Å²) in [5, 5.41) is 3.13. The molecular formula is C18H21NO. The standard InChI is InChI=1S/C18H21NO/c1-3-14-7-6-9-16(13-14)18(20)17-10-5-4-8-15(17)11-12-19-2/h4-10,13,19H,3,11-12H2,1-2H3. The minimum Gasteiger partial charge on any atom is -0.319 e. The first kappa shape index (κ1) is 14.5. The van der Waals surface area contributed by atoms with Crippen molar-refractivity contribution in [1.82, 2.24) is 5.32 Å². The van der Waals surface area contributed by atoms with Crippen LogP contribution in [0, 0.1) is 0 Å². The van der Waals surface area contributed by atoms with Gasteiger partial charge < -0.3 is 5.32 Å². The van der Waals surface area contributed by atoms with Gasteiger partial charge in [-0.3, -0.25) is 4.79 Å². The summed E-state index contributed by atoms with van der Waals surface area (Å²) in [6.45, 7) is 2.98. The third kappa shape index (κ3) is 3.34. The van der Waals surface area contributed by atoms with Crippen LogP contribution in [0.25, 0.3) is 0 Å². The van der Waals surface area contributed by atoms with E-state index in [0.717, 1.165) is 36.1 Å². The highest BCUT2D eigenvalue weighted by atomic mass is 16.1. The predicted octanol–water partition coefficient (Wildman–Crippen LogP) is 3.24. The molecule has 0 bridgehead atoms. The number of hydrogen-bond donors (Lipinski definition) is 1. The summed E-state index contributed by atoms with van der Waals surface area (Å²) >= 11 is 0. The average molecular weight is 267 g/mol. The van der Waals surface area contributed by atoms with Gasteiger partial charge in [0.2, 0.25) is 0 Å². The molecule has 0 saturated heterocycles. The van der Waals surface area contributed by atoms with Crippen LogP contribution in [-0.4, -0.2) is 19.4 Å². The number of carbonyl (C=O) groups is 1. The number of hydrogen-bond acceptors (Lipinski definition) is 2. The second-order valence-corrected chi connectivity index (χ2v) is 4.89. The first-order valence-electron chi connectivity index (χ1n) is 7.12. The number of rotatable bonds is 6. The summed E-state index contributed by atoms with van der Waals surface area (Å²) in [6.07, 6.45) is 1.81. The summed E-state index contributed by atoms with van der Waals surface area (Å²) in [4.78, 5) is 12.7. The van der Waals surface area contributed by atoms with Crippen molar-refractivity contribution < 1.29 is 4.79 Å². The number of likely N-dealkylation sites (N-methyl/N-ethyl adjacent to an activating group) is 1. The normalized spacial score (nSPS) is 10.5. The Labute approximate surface area is 120 Å². The Morgan fingerprint density at radius 3 is 2.65 bits per heavy atom. The fraction of sp³-hybridized carbons (Fsp3) is 0.278. The zero-order chi connectivity index (χ0) is 14.4. The van der Waals surface area contributed by atoms with Crippen LogP contribution < -0.4 is 5.32 Å². The molecule has 20 heavy (non-hydrogen) atoms. The van der Waals surface area contributed by atoms with Crippen molar-refractivity contribution in [2.24, 2.45) is 0 Å². The Bertz CT molecular complexity index is 589. The third-order valence-corrected chi connectivity index (χ3v) is 3.50. The van der Waals surface area contributed by atoms with Crippen molar-refractivity contribution in [2.45, 2.75) is 19.8 Å². The molecule has 0 radical (unpaired) electrons. The van der Waals surface area contributed by atoms with Gasteiger partial charge in [-0.15, -0.1) is 0 Å². The second kappa shape index (κ2) is 7.01. The second-order valence-electron chi connectivity index (χ2n) is 4.89. The molecule has 2 aromatic carbocycles. The minimum atomic E-state index is 0.118. The molecule has 2 heteroatoms. The van der Waals surface area contributed by atoms with Gasteiger partial charge in [0, 0.05) is 11.1 Å². The van der Waals surface area contributed by atoms with Crippen molar-refractivity contribution in [3.63, 3.8) is 0 Å². The predicted molar refractivity (Wildman–Crippen MR) is 83.3 cm³/mol. The quantitative estimate of drug-likeness (QED) is 0.814. The van der Waals surface area contributed by atoms with Gasteiger partial charge >= 0.3 is 0 Å². The van der Waals surface area contributed by atoms with E-state index in [1.165, 1.54) is 5.56 Å². The molecule has 0 spiro atoms. The van der Waals surface area contributed by atoms with E-state index < -0.39 is 0 Å². The van der Waals surface area contributed by atoms with E-state index in [0.29, 0.717) is 0 Å². The highest BCUT2D eigenvalue weighted by molar-refractivity contribution is 6.10. The first-order chi connectivity index (χ1) is 9.76. The van der Waals surface area contributed by atoms with Gasteiger partial charge in [-0.1, -0.05) is 49.4 Å². The maximum atomic E-state index is 12.7. The van der Waals surface area contributed by atoms with Gasteiger partial charge in [-0.05, 0) is 43.6 Å². The largest absolute Gasteiger partial charge is 0.319 e. The summed E-state index contributed by atoms with van der Waals surface area (Å²) in [5.41, 5.74) is 3.90. The monoisotopic (exact) mass is 267 g/mol. The van der Waals surface area contributed by atoms with Gasteiger partial charge in [-0.25, -0.2) is 0 Å². The highest BCUT2D eigenvalue weighted by Crippen LogP contribution is 2.16. The van der Waals surface area contributed by atoms with Gasteiger partial charge in [0.15, 0.2) is 5.78 Å². The third-order valence-electron chi connectivity index (χ3n) is 3.50. The van der Waals surface area contributed by atoms with E-state index >= 15 is 0 Å². The maximum absolute atomic E-state index is 12.7. The minimum absolute atomic E-state index is 0.118. The first-order valence-corrected chi connectivity index (χ1v) is 7.12. The number of carbonyl (C=O) groups excluding carboxylic acids is 1. The smallest absolute Gasteiger partial charge is 0.193 e.